The highest BCUT2D eigenvalue weighted by atomic mass is 35.5. The molecule has 2 aromatic rings. The zero-order valence-corrected chi connectivity index (χ0v) is 16.3. The number of halogens is 1. The van der Waals surface area contributed by atoms with Crippen LogP contribution in [0.5, 0.6) is 0 Å². The Hall–Kier alpha value is -1.98. The molecule has 0 spiro atoms. The second-order valence-electron chi connectivity index (χ2n) is 6.43. The average molecular weight is 389 g/mol. The first-order valence-corrected chi connectivity index (χ1v) is 10.1. The lowest BCUT2D eigenvalue weighted by Crippen LogP contribution is -2.27. The van der Waals surface area contributed by atoms with Crippen molar-refractivity contribution in [3.8, 4) is 0 Å². The second-order valence-corrected chi connectivity index (χ2v) is 7.71. The minimum Gasteiger partial charge on any atom is -0.345 e. The molecule has 0 heterocycles. The van der Waals surface area contributed by atoms with E-state index in [9.17, 15) is 9.59 Å². The fourth-order valence-corrected chi connectivity index (χ4v) is 3.25. The van der Waals surface area contributed by atoms with E-state index < -0.39 is 0 Å². The molecule has 2 amide bonds. The number of hydrogen-bond donors (Lipinski definition) is 2. The lowest BCUT2D eigenvalue weighted by Gasteiger charge is -2.16. The van der Waals surface area contributed by atoms with E-state index in [1.54, 1.807) is 23.9 Å². The van der Waals surface area contributed by atoms with Crippen LogP contribution in [0.2, 0.25) is 5.02 Å². The van der Waals surface area contributed by atoms with Crippen molar-refractivity contribution < 1.29 is 9.59 Å². The van der Waals surface area contributed by atoms with Gasteiger partial charge in [-0.3, -0.25) is 9.59 Å². The van der Waals surface area contributed by atoms with E-state index in [1.165, 1.54) is 0 Å². The van der Waals surface area contributed by atoms with E-state index >= 15 is 0 Å². The van der Waals surface area contributed by atoms with E-state index in [0.717, 1.165) is 29.0 Å². The molecule has 1 aliphatic rings. The smallest absolute Gasteiger partial charge is 0.253 e. The zero-order valence-electron chi connectivity index (χ0n) is 14.7. The first-order chi connectivity index (χ1) is 12.5. The molecule has 1 atom stereocenters. The molecular formula is C20H21ClN2O2S. The molecule has 26 heavy (non-hydrogen) atoms. The normalized spacial score (nSPS) is 14.6. The zero-order chi connectivity index (χ0) is 18.7. The molecule has 2 aromatic carbocycles. The summed E-state index contributed by atoms with van der Waals surface area (Å²) in [5.74, 6) is 0.0571. The summed E-state index contributed by atoms with van der Waals surface area (Å²) in [6.07, 6.45) is 3.91. The van der Waals surface area contributed by atoms with Gasteiger partial charge < -0.3 is 10.6 Å². The number of nitrogens with one attached hydrogen (secondary N) is 2. The number of thioether (sulfide) groups is 1. The maximum atomic E-state index is 12.5. The van der Waals surface area contributed by atoms with Gasteiger partial charge in [-0.1, -0.05) is 23.7 Å². The number of rotatable bonds is 6. The SMILES string of the molecule is CSc1ccc(Cl)c(C(=O)NC(C)c2ccc(NC(=O)C3CC3)cc2)c1. The molecule has 136 valence electrons. The predicted molar refractivity (Wildman–Crippen MR) is 107 cm³/mol. The molecule has 0 aromatic heterocycles. The standard InChI is InChI=1S/C20H21ClN2O2S/c1-12(22-20(25)17-11-16(26-2)9-10-18(17)21)13-5-7-15(8-6-13)23-19(24)14-3-4-14/h5-12,14H,3-4H2,1-2H3,(H,22,25)(H,23,24). The number of amides is 2. The van der Waals surface area contributed by atoms with Crippen LogP contribution in [0.4, 0.5) is 5.69 Å². The van der Waals surface area contributed by atoms with Gasteiger partial charge in [-0.15, -0.1) is 11.8 Å². The Balaban J connectivity index is 1.64. The van der Waals surface area contributed by atoms with Gasteiger partial charge in [0.2, 0.25) is 5.91 Å². The summed E-state index contributed by atoms with van der Waals surface area (Å²) in [7, 11) is 0. The minimum atomic E-state index is -0.204. The molecule has 0 radical (unpaired) electrons. The maximum Gasteiger partial charge on any atom is 0.253 e. The van der Waals surface area contributed by atoms with Gasteiger partial charge in [0.15, 0.2) is 0 Å². The third-order valence-electron chi connectivity index (χ3n) is 4.39. The quantitative estimate of drug-likeness (QED) is 0.692. The van der Waals surface area contributed by atoms with Crippen LogP contribution in [0.1, 0.15) is 41.7 Å². The van der Waals surface area contributed by atoms with Crippen molar-refractivity contribution in [2.24, 2.45) is 5.92 Å². The predicted octanol–water partition coefficient (Wildman–Crippen LogP) is 4.90. The molecule has 2 N–H and O–H groups in total. The molecule has 0 aliphatic heterocycles. The number of carbonyl (C=O) groups is 2. The molecule has 1 aliphatic carbocycles. The summed E-state index contributed by atoms with van der Waals surface area (Å²) in [6.45, 7) is 1.92. The highest BCUT2D eigenvalue weighted by molar-refractivity contribution is 7.98. The van der Waals surface area contributed by atoms with Crippen LogP contribution in [0.25, 0.3) is 0 Å². The fourth-order valence-electron chi connectivity index (χ4n) is 2.61. The lowest BCUT2D eigenvalue weighted by molar-refractivity contribution is -0.117. The minimum absolute atomic E-state index is 0.0856. The molecule has 1 saturated carbocycles. The van der Waals surface area contributed by atoms with Crippen LogP contribution in [0.15, 0.2) is 47.4 Å². The van der Waals surface area contributed by atoms with Crippen molar-refractivity contribution in [1.29, 1.82) is 0 Å². The van der Waals surface area contributed by atoms with Crippen molar-refractivity contribution in [3.63, 3.8) is 0 Å². The van der Waals surface area contributed by atoms with E-state index in [0.29, 0.717) is 10.6 Å². The number of anilines is 1. The largest absolute Gasteiger partial charge is 0.345 e. The number of benzene rings is 2. The van der Waals surface area contributed by atoms with Gasteiger partial charge in [0.05, 0.1) is 16.6 Å². The van der Waals surface area contributed by atoms with Gasteiger partial charge in [-0.2, -0.15) is 0 Å². The van der Waals surface area contributed by atoms with Gasteiger partial charge >= 0.3 is 0 Å². The molecule has 3 rings (SSSR count). The van der Waals surface area contributed by atoms with Crippen LogP contribution < -0.4 is 10.6 Å². The Kier molecular flexibility index (Phi) is 5.89. The van der Waals surface area contributed by atoms with Crippen LogP contribution in [-0.2, 0) is 4.79 Å². The summed E-state index contributed by atoms with van der Waals surface area (Å²) >= 11 is 7.73. The summed E-state index contributed by atoms with van der Waals surface area (Å²) in [5, 5.41) is 6.32. The Bertz CT molecular complexity index is 819. The molecule has 0 bridgehead atoms. The van der Waals surface area contributed by atoms with Gasteiger partial charge in [-0.25, -0.2) is 0 Å². The van der Waals surface area contributed by atoms with Crippen LogP contribution in [0.3, 0.4) is 0 Å². The van der Waals surface area contributed by atoms with Gasteiger partial charge in [-0.05, 0) is 61.9 Å². The van der Waals surface area contributed by atoms with Crippen molar-refractivity contribution in [3.05, 3.63) is 58.6 Å². The van der Waals surface area contributed by atoms with Crippen LogP contribution >= 0.6 is 23.4 Å². The molecule has 1 fully saturated rings. The van der Waals surface area contributed by atoms with E-state index in [1.807, 2.05) is 43.5 Å². The molecule has 1 unspecified atom stereocenters. The molecule has 4 nitrogen and oxygen atoms in total. The third-order valence-corrected chi connectivity index (χ3v) is 5.45. The summed E-state index contributed by atoms with van der Waals surface area (Å²) in [4.78, 5) is 25.3. The monoisotopic (exact) mass is 388 g/mol. The Morgan fingerprint density at radius 1 is 1.15 bits per heavy atom. The Morgan fingerprint density at radius 2 is 1.85 bits per heavy atom. The van der Waals surface area contributed by atoms with E-state index in [-0.39, 0.29) is 23.8 Å². The number of carbonyl (C=O) groups excluding carboxylic acids is 2. The maximum absolute atomic E-state index is 12.5. The molecule has 0 saturated heterocycles. The Morgan fingerprint density at radius 3 is 2.46 bits per heavy atom. The van der Waals surface area contributed by atoms with Gasteiger partial charge in [0, 0.05) is 16.5 Å². The highest BCUT2D eigenvalue weighted by Crippen LogP contribution is 2.30. The molecular weight excluding hydrogens is 368 g/mol. The first kappa shape index (κ1) is 18.8. The van der Waals surface area contributed by atoms with Crippen molar-refractivity contribution in [2.45, 2.75) is 30.7 Å². The summed E-state index contributed by atoms with van der Waals surface area (Å²) in [6, 6.07) is 12.8. The van der Waals surface area contributed by atoms with Crippen LogP contribution in [-0.4, -0.2) is 18.1 Å². The van der Waals surface area contributed by atoms with Crippen molar-refractivity contribution >= 4 is 40.9 Å². The topological polar surface area (TPSA) is 58.2 Å². The van der Waals surface area contributed by atoms with Crippen molar-refractivity contribution in [2.75, 3.05) is 11.6 Å². The van der Waals surface area contributed by atoms with Gasteiger partial charge in [0.1, 0.15) is 0 Å². The number of hydrogen-bond acceptors (Lipinski definition) is 3. The molecule has 6 heteroatoms. The van der Waals surface area contributed by atoms with E-state index in [2.05, 4.69) is 10.6 Å². The van der Waals surface area contributed by atoms with Gasteiger partial charge in [0.25, 0.3) is 5.91 Å². The summed E-state index contributed by atoms with van der Waals surface area (Å²) in [5.41, 5.74) is 2.21. The Labute approximate surface area is 162 Å². The average Bonchev–Trinajstić information content (AvgIpc) is 3.47. The fraction of sp³-hybridized carbons (Fsp3) is 0.300. The van der Waals surface area contributed by atoms with Crippen LogP contribution in [0, 0.1) is 5.92 Å². The second kappa shape index (κ2) is 8.14. The first-order valence-electron chi connectivity index (χ1n) is 8.53. The lowest BCUT2D eigenvalue weighted by atomic mass is 10.1. The summed E-state index contributed by atoms with van der Waals surface area (Å²) < 4.78 is 0. The highest BCUT2D eigenvalue weighted by Gasteiger charge is 2.29. The van der Waals surface area contributed by atoms with Crippen molar-refractivity contribution in [1.82, 2.24) is 5.32 Å². The van der Waals surface area contributed by atoms with E-state index in [4.69, 9.17) is 11.6 Å². The third kappa shape index (κ3) is 4.59.